The van der Waals surface area contributed by atoms with E-state index in [1.807, 2.05) is 0 Å². The molecule has 106 valence electrons. The number of nitrogens with zero attached hydrogens (tertiary/aromatic N) is 2. The number of nitrogens with two attached hydrogens (primary N) is 1. The number of hydrogen-bond donors (Lipinski definition) is 1. The highest BCUT2D eigenvalue weighted by Crippen LogP contribution is 2.20. The Bertz CT molecular complexity index is 737. The molecule has 0 aliphatic carbocycles. The first-order chi connectivity index (χ1) is 9.52. The van der Waals surface area contributed by atoms with Gasteiger partial charge in [-0.25, -0.2) is 4.79 Å². The van der Waals surface area contributed by atoms with Crippen molar-refractivity contribution in [2.75, 3.05) is 6.54 Å². The van der Waals surface area contributed by atoms with E-state index in [0.29, 0.717) is 15.6 Å². The van der Waals surface area contributed by atoms with Crippen molar-refractivity contribution in [2.45, 2.75) is 13.1 Å². The third-order valence-electron chi connectivity index (χ3n) is 2.84. The van der Waals surface area contributed by atoms with Crippen LogP contribution in [-0.2, 0) is 13.1 Å². The average Bonchev–Trinajstić information content (AvgIpc) is 2.42. The predicted molar refractivity (Wildman–Crippen MR) is 79.6 cm³/mol. The molecule has 0 atom stereocenters. The fourth-order valence-electron chi connectivity index (χ4n) is 1.86. The Balaban J connectivity index is 2.44. The standard InChI is InChI=1S/C13H13Cl2N3O2/c14-10-1-2-11(15)9(7-10)8-17-5-3-12(19)18(6-4-16)13(17)20/h1-3,5,7H,4,6,8,16H2. The molecule has 0 spiro atoms. The van der Waals surface area contributed by atoms with Crippen LogP contribution in [0.4, 0.5) is 0 Å². The quantitative estimate of drug-likeness (QED) is 0.925. The zero-order chi connectivity index (χ0) is 14.7. The lowest BCUT2D eigenvalue weighted by atomic mass is 10.2. The maximum Gasteiger partial charge on any atom is 0.331 e. The van der Waals surface area contributed by atoms with Crippen molar-refractivity contribution in [3.63, 3.8) is 0 Å². The van der Waals surface area contributed by atoms with Gasteiger partial charge in [0.05, 0.1) is 6.54 Å². The van der Waals surface area contributed by atoms with E-state index in [1.54, 1.807) is 18.2 Å². The van der Waals surface area contributed by atoms with Gasteiger partial charge in [-0.15, -0.1) is 0 Å². The summed E-state index contributed by atoms with van der Waals surface area (Å²) in [6, 6.07) is 6.36. The summed E-state index contributed by atoms with van der Waals surface area (Å²) in [6.07, 6.45) is 1.44. The van der Waals surface area contributed by atoms with Gasteiger partial charge in [-0.3, -0.25) is 13.9 Å². The van der Waals surface area contributed by atoms with Crippen LogP contribution in [0.2, 0.25) is 10.0 Å². The van der Waals surface area contributed by atoms with Crippen LogP contribution in [0.5, 0.6) is 0 Å². The lowest BCUT2D eigenvalue weighted by molar-refractivity contribution is 0.579. The molecule has 0 amide bonds. The van der Waals surface area contributed by atoms with Crippen LogP contribution in [0.3, 0.4) is 0 Å². The second-order valence-corrected chi connectivity index (χ2v) is 5.08. The second kappa shape index (κ2) is 6.26. The van der Waals surface area contributed by atoms with Gasteiger partial charge in [0.15, 0.2) is 0 Å². The Morgan fingerprint density at radius 2 is 1.90 bits per heavy atom. The highest BCUT2D eigenvalue weighted by molar-refractivity contribution is 6.33. The summed E-state index contributed by atoms with van der Waals surface area (Å²) in [5, 5.41) is 1.05. The van der Waals surface area contributed by atoms with E-state index in [4.69, 9.17) is 28.9 Å². The van der Waals surface area contributed by atoms with Gasteiger partial charge >= 0.3 is 5.69 Å². The van der Waals surface area contributed by atoms with E-state index in [1.165, 1.54) is 16.8 Å². The van der Waals surface area contributed by atoms with Gasteiger partial charge in [0.2, 0.25) is 0 Å². The highest BCUT2D eigenvalue weighted by atomic mass is 35.5. The molecule has 2 N–H and O–H groups in total. The van der Waals surface area contributed by atoms with Gasteiger partial charge in [0.1, 0.15) is 0 Å². The molecule has 0 bridgehead atoms. The molecular formula is C13H13Cl2N3O2. The first-order valence-corrected chi connectivity index (χ1v) is 6.73. The van der Waals surface area contributed by atoms with E-state index in [2.05, 4.69) is 0 Å². The van der Waals surface area contributed by atoms with Gasteiger partial charge in [0, 0.05) is 35.4 Å². The first kappa shape index (κ1) is 14.8. The van der Waals surface area contributed by atoms with Crippen LogP contribution >= 0.6 is 23.2 Å². The minimum Gasteiger partial charge on any atom is -0.329 e. The van der Waals surface area contributed by atoms with Crippen molar-refractivity contribution in [3.8, 4) is 0 Å². The van der Waals surface area contributed by atoms with Crippen LogP contribution in [-0.4, -0.2) is 15.7 Å². The zero-order valence-electron chi connectivity index (χ0n) is 10.6. The molecule has 0 aliphatic rings. The molecule has 1 aromatic heterocycles. The van der Waals surface area contributed by atoms with E-state index in [-0.39, 0.29) is 25.2 Å². The third-order valence-corrected chi connectivity index (χ3v) is 3.44. The Kier molecular flexibility index (Phi) is 4.65. The van der Waals surface area contributed by atoms with E-state index in [9.17, 15) is 9.59 Å². The summed E-state index contributed by atoms with van der Waals surface area (Å²) in [6.45, 7) is 0.641. The Morgan fingerprint density at radius 1 is 1.15 bits per heavy atom. The largest absolute Gasteiger partial charge is 0.331 e. The zero-order valence-corrected chi connectivity index (χ0v) is 12.1. The topological polar surface area (TPSA) is 70.0 Å². The molecule has 0 radical (unpaired) electrons. The SMILES string of the molecule is NCCn1c(=O)ccn(Cc2cc(Cl)ccc2Cl)c1=O. The lowest BCUT2D eigenvalue weighted by Crippen LogP contribution is -2.40. The number of benzene rings is 1. The van der Waals surface area contributed by atoms with Crippen LogP contribution in [0, 0.1) is 0 Å². The number of aromatic nitrogens is 2. The number of rotatable bonds is 4. The van der Waals surface area contributed by atoms with Crippen molar-refractivity contribution in [2.24, 2.45) is 5.73 Å². The molecule has 5 nitrogen and oxygen atoms in total. The van der Waals surface area contributed by atoms with Crippen molar-refractivity contribution >= 4 is 23.2 Å². The highest BCUT2D eigenvalue weighted by Gasteiger charge is 2.07. The van der Waals surface area contributed by atoms with Crippen molar-refractivity contribution < 1.29 is 0 Å². The van der Waals surface area contributed by atoms with Gasteiger partial charge in [-0.2, -0.15) is 0 Å². The summed E-state index contributed by atoms with van der Waals surface area (Å²) in [5.41, 5.74) is 5.32. The van der Waals surface area contributed by atoms with Crippen LogP contribution in [0.1, 0.15) is 5.56 Å². The van der Waals surface area contributed by atoms with Crippen LogP contribution in [0.15, 0.2) is 40.1 Å². The molecule has 20 heavy (non-hydrogen) atoms. The molecule has 0 saturated heterocycles. The lowest BCUT2D eigenvalue weighted by Gasteiger charge is -2.10. The monoisotopic (exact) mass is 313 g/mol. The normalized spacial score (nSPS) is 10.8. The van der Waals surface area contributed by atoms with E-state index < -0.39 is 5.69 Å². The molecule has 0 unspecified atom stereocenters. The molecule has 7 heteroatoms. The summed E-state index contributed by atoms with van der Waals surface area (Å²) in [4.78, 5) is 23.8. The van der Waals surface area contributed by atoms with Crippen molar-refractivity contribution in [1.82, 2.24) is 9.13 Å². The molecule has 0 aliphatic heterocycles. The minimum absolute atomic E-state index is 0.182. The van der Waals surface area contributed by atoms with Gasteiger partial charge in [0.25, 0.3) is 5.56 Å². The molecule has 0 fully saturated rings. The fourth-order valence-corrected chi connectivity index (χ4v) is 2.23. The summed E-state index contributed by atoms with van der Waals surface area (Å²) in [5.74, 6) is 0. The van der Waals surface area contributed by atoms with Crippen LogP contribution in [0.25, 0.3) is 0 Å². The van der Waals surface area contributed by atoms with Crippen LogP contribution < -0.4 is 17.0 Å². The van der Waals surface area contributed by atoms with Crippen molar-refractivity contribution in [1.29, 1.82) is 0 Å². The second-order valence-electron chi connectivity index (χ2n) is 4.24. The molecule has 2 rings (SSSR count). The summed E-state index contributed by atoms with van der Waals surface area (Å²) >= 11 is 12.0. The Labute approximate surface area is 125 Å². The smallest absolute Gasteiger partial charge is 0.329 e. The van der Waals surface area contributed by atoms with E-state index >= 15 is 0 Å². The molecule has 1 aromatic carbocycles. The van der Waals surface area contributed by atoms with Crippen molar-refractivity contribution in [3.05, 3.63) is 66.9 Å². The first-order valence-electron chi connectivity index (χ1n) is 5.97. The molecule has 0 saturated carbocycles. The fraction of sp³-hybridized carbons (Fsp3) is 0.231. The predicted octanol–water partition coefficient (Wildman–Crippen LogP) is 1.32. The number of hydrogen-bond acceptors (Lipinski definition) is 3. The molecule has 1 heterocycles. The number of halogens is 2. The summed E-state index contributed by atoms with van der Waals surface area (Å²) in [7, 11) is 0. The average molecular weight is 314 g/mol. The maximum atomic E-state index is 12.2. The molecule has 2 aromatic rings. The van der Waals surface area contributed by atoms with Gasteiger partial charge < -0.3 is 5.73 Å². The Morgan fingerprint density at radius 3 is 2.60 bits per heavy atom. The Hall–Kier alpha value is -1.56. The minimum atomic E-state index is -0.418. The summed E-state index contributed by atoms with van der Waals surface area (Å²) < 4.78 is 2.49. The van der Waals surface area contributed by atoms with E-state index in [0.717, 1.165) is 4.57 Å². The molecular weight excluding hydrogens is 301 g/mol. The van der Waals surface area contributed by atoms with Gasteiger partial charge in [-0.1, -0.05) is 23.2 Å². The third kappa shape index (κ3) is 3.12. The van der Waals surface area contributed by atoms with Gasteiger partial charge in [-0.05, 0) is 23.8 Å². The maximum absolute atomic E-state index is 12.2.